The minimum Gasteiger partial charge on any atom is -0.508 e. The fourth-order valence-corrected chi connectivity index (χ4v) is 3.65. The quantitative estimate of drug-likeness (QED) is 0.0696. The SMILES string of the molecule is CSCCC(NC(=O)C(C)NC(=O)C(Cc1ccc(O)cc1)NC(=O)C(N)CCCN=C(N)N)C(=O)O. The lowest BCUT2D eigenvalue weighted by Crippen LogP contribution is -2.56. The number of amides is 3. The number of aliphatic carboxylic acids is 1. The van der Waals surface area contributed by atoms with Crippen LogP contribution in [0, 0.1) is 0 Å². The number of carboxylic acid groups (broad SMARTS) is 1. The Hall–Kier alpha value is -3.52. The van der Waals surface area contributed by atoms with Gasteiger partial charge in [0.25, 0.3) is 0 Å². The highest BCUT2D eigenvalue weighted by molar-refractivity contribution is 7.98. The van der Waals surface area contributed by atoms with Gasteiger partial charge in [-0.1, -0.05) is 12.1 Å². The standard InChI is InChI=1S/C23H37N7O6S/c1-13(19(32)29-17(22(35)36)9-11-37-2)28-21(34)18(12-14-5-7-15(31)8-6-14)30-20(33)16(24)4-3-10-27-23(25)26/h5-8,13,16-18,31H,3-4,9-12,24H2,1-2H3,(H,28,34)(H,29,32)(H,30,33)(H,35,36)(H4,25,26,27). The number of nitrogens with one attached hydrogen (secondary N) is 3. The van der Waals surface area contributed by atoms with E-state index in [1.165, 1.54) is 30.8 Å². The van der Waals surface area contributed by atoms with Crippen molar-refractivity contribution >= 4 is 41.4 Å². The maximum absolute atomic E-state index is 13.1. The van der Waals surface area contributed by atoms with Gasteiger partial charge in [-0.05, 0) is 55.9 Å². The van der Waals surface area contributed by atoms with E-state index >= 15 is 0 Å². The molecule has 11 N–H and O–H groups in total. The number of hydrogen-bond acceptors (Lipinski definition) is 8. The summed E-state index contributed by atoms with van der Waals surface area (Å²) in [5, 5.41) is 26.4. The number of carbonyl (C=O) groups excluding carboxylic acids is 3. The Morgan fingerprint density at radius 1 is 0.973 bits per heavy atom. The summed E-state index contributed by atoms with van der Waals surface area (Å²) in [6.45, 7) is 1.71. The number of nitrogens with zero attached hydrogens (tertiary/aromatic N) is 1. The first-order valence-corrected chi connectivity index (χ1v) is 13.1. The Morgan fingerprint density at radius 2 is 1.59 bits per heavy atom. The van der Waals surface area contributed by atoms with Gasteiger partial charge in [-0.3, -0.25) is 19.4 Å². The van der Waals surface area contributed by atoms with Crippen molar-refractivity contribution in [2.75, 3.05) is 18.6 Å². The molecule has 0 aromatic heterocycles. The summed E-state index contributed by atoms with van der Waals surface area (Å²) < 4.78 is 0. The highest BCUT2D eigenvalue weighted by atomic mass is 32.2. The van der Waals surface area contributed by atoms with Crippen LogP contribution < -0.4 is 33.2 Å². The number of rotatable bonds is 16. The highest BCUT2D eigenvalue weighted by Crippen LogP contribution is 2.12. The molecule has 13 nitrogen and oxygen atoms in total. The largest absolute Gasteiger partial charge is 0.508 e. The normalized spacial score (nSPS) is 13.9. The van der Waals surface area contributed by atoms with Crippen molar-refractivity contribution in [2.45, 2.75) is 56.8 Å². The van der Waals surface area contributed by atoms with Gasteiger partial charge in [0.05, 0.1) is 6.04 Å². The molecule has 14 heteroatoms. The van der Waals surface area contributed by atoms with E-state index in [2.05, 4.69) is 20.9 Å². The van der Waals surface area contributed by atoms with E-state index in [0.717, 1.165) is 0 Å². The monoisotopic (exact) mass is 539 g/mol. The van der Waals surface area contributed by atoms with Gasteiger partial charge >= 0.3 is 5.97 Å². The summed E-state index contributed by atoms with van der Waals surface area (Å²) in [6.07, 6.45) is 2.81. The number of thioether (sulfide) groups is 1. The second-order valence-corrected chi connectivity index (χ2v) is 9.38. The summed E-state index contributed by atoms with van der Waals surface area (Å²) >= 11 is 1.45. The molecule has 4 atom stereocenters. The zero-order valence-electron chi connectivity index (χ0n) is 21.0. The first kappa shape index (κ1) is 31.5. The van der Waals surface area contributed by atoms with Gasteiger partial charge in [-0.15, -0.1) is 0 Å². The molecule has 0 fully saturated rings. The lowest BCUT2D eigenvalue weighted by Gasteiger charge is -2.23. The number of hydrogen-bond donors (Lipinski definition) is 8. The van der Waals surface area contributed by atoms with Gasteiger partial charge in [-0.25, -0.2) is 4.79 Å². The molecule has 1 aromatic rings. The van der Waals surface area contributed by atoms with Crippen LogP contribution in [0.3, 0.4) is 0 Å². The number of guanidine groups is 1. The number of nitrogens with two attached hydrogens (primary N) is 3. The van der Waals surface area contributed by atoms with Gasteiger partial charge < -0.3 is 43.4 Å². The van der Waals surface area contributed by atoms with E-state index in [1.54, 1.807) is 12.1 Å². The lowest BCUT2D eigenvalue weighted by molar-refractivity contribution is -0.142. The van der Waals surface area contributed by atoms with E-state index < -0.39 is 47.9 Å². The van der Waals surface area contributed by atoms with Crippen LogP contribution in [0.1, 0.15) is 31.7 Å². The summed E-state index contributed by atoms with van der Waals surface area (Å²) in [7, 11) is 0. The summed E-state index contributed by atoms with van der Waals surface area (Å²) in [4.78, 5) is 53.5. The van der Waals surface area contributed by atoms with Crippen LogP contribution in [0.15, 0.2) is 29.3 Å². The van der Waals surface area contributed by atoms with Gasteiger partial charge in [0, 0.05) is 13.0 Å². The minimum atomic E-state index is -1.17. The molecule has 1 rings (SSSR count). The molecule has 0 spiro atoms. The van der Waals surface area contributed by atoms with E-state index in [4.69, 9.17) is 17.2 Å². The highest BCUT2D eigenvalue weighted by Gasteiger charge is 2.28. The zero-order chi connectivity index (χ0) is 28.0. The number of aliphatic imine (C=N–C) groups is 1. The fourth-order valence-electron chi connectivity index (χ4n) is 3.18. The van der Waals surface area contributed by atoms with E-state index in [9.17, 15) is 29.4 Å². The van der Waals surface area contributed by atoms with E-state index in [0.29, 0.717) is 24.3 Å². The number of phenols is 1. The smallest absolute Gasteiger partial charge is 0.326 e. The third kappa shape index (κ3) is 12.3. The molecule has 0 saturated heterocycles. The van der Waals surface area contributed by atoms with Crippen molar-refractivity contribution in [2.24, 2.45) is 22.2 Å². The topological polar surface area (TPSA) is 235 Å². The van der Waals surface area contributed by atoms with Crippen molar-refractivity contribution in [1.82, 2.24) is 16.0 Å². The van der Waals surface area contributed by atoms with Crippen LogP contribution >= 0.6 is 11.8 Å². The van der Waals surface area contributed by atoms with E-state index in [-0.39, 0.29) is 31.0 Å². The third-order valence-electron chi connectivity index (χ3n) is 5.29. The van der Waals surface area contributed by atoms with Gasteiger partial charge in [-0.2, -0.15) is 11.8 Å². The summed E-state index contributed by atoms with van der Waals surface area (Å²) in [6, 6.07) is 1.88. The molecule has 0 aliphatic heterocycles. The number of carbonyl (C=O) groups is 4. The molecule has 0 bridgehead atoms. The maximum atomic E-state index is 13.1. The Kier molecular flexibility index (Phi) is 13.9. The van der Waals surface area contributed by atoms with Crippen LogP contribution in [0.2, 0.25) is 0 Å². The Labute approximate surface area is 220 Å². The lowest BCUT2D eigenvalue weighted by atomic mass is 10.0. The predicted octanol–water partition coefficient (Wildman–Crippen LogP) is -1.37. The van der Waals surface area contributed by atoms with Gasteiger partial charge in [0.2, 0.25) is 17.7 Å². The Morgan fingerprint density at radius 3 is 2.16 bits per heavy atom. The number of benzene rings is 1. The molecule has 0 heterocycles. The maximum Gasteiger partial charge on any atom is 0.326 e. The van der Waals surface area contributed by atoms with Gasteiger partial charge in [0.1, 0.15) is 23.9 Å². The third-order valence-corrected chi connectivity index (χ3v) is 5.93. The molecular formula is C23H37N7O6S. The van der Waals surface area contributed by atoms with Crippen LogP contribution in [-0.2, 0) is 25.6 Å². The van der Waals surface area contributed by atoms with Crippen molar-refractivity contribution in [3.8, 4) is 5.75 Å². The first-order chi connectivity index (χ1) is 17.4. The van der Waals surface area contributed by atoms with Crippen LogP contribution in [0.25, 0.3) is 0 Å². The van der Waals surface area contributed by atoms with Gasteiger partial charge in [0.15, 0.2) is 5.96 Å². The number of phenolic OH excluding ortho intramolecular Hbond substituents is 1. The van der Waals surface area contributed by atoms with E-state index in [1.807, 2.05) is 6.26 Å². The zero-order valence-corrected chi connectivity index (χ0v) is 21.8. The molecule has 0 aliphatic rings. The Bertz CT molecular complexity index is 940. The molecule has 0 aliphatic carbocycles. The van der Waals surface area contributed by atoms with Crippen molar-refractivity contribution in [3.63, 3.8) is 0 Å². The second-order valence-electron chi connectivity index (χ2n) is 8.40. The average Bonchev–Trinajstić information content (AvgIpc) is 2.84. The van der Waals surface area contributed by atoms with Crippen molar-refractivity contribution in [1.29, 1.82) is 0 Å². The molecule has 0 saturated carbocycles. The minimum absolute atomic E-state index is 0.0383. The number of aromatic hydroxyl groups is 1. The molecule has 0 radical (unpaired) electrons. The molecule has 4 unspecified atom stereocenters. The summed E-state index contributed by atoms with van der Waals surface area (Å²) in [5.74, 6) is -2.58. The molecule has 1 aromatic carbocycles. The van der Waals surface area contributed by atoms with Crippen molar-refractivity contribution in [3.05, 3.63) is 29.8 Å². The van der Waals surface area contributed by atoms with Crippen LogP contribution in [0.5, 0.6) is 5.75 Å². The molecule has 3 amide bonds. The molecule has 37 heavy (non-hydrogen) atoms. The van der Waals surface area contributed by atoms with Crippen molar-refractivity contribution < 1.29 is 29.4 Å². The van der Waals surface area contributed by atoms with Crippen LogP contribution in [-0.4, -0.2) is 82.6 Å². The molecule has 206 valence electrons. The predicted molar refractivity (Wildman–Crippen MR) is 142 cm³/mol. The Balaban J connectivity index is 2.88. The first-order valence-electron chi connectivity index (χ1n) is 11.7. The second kappa shape index (κ2) is 16.3. The fraction of sp³-hybridized carbons (Fsp3) is 0.522. The van der Waals surface area contributed by atoms with Crippen LogP contribution in [0.4, 0.5) is 0 Å². The number of carboxylic acids is 1. The average molecular weight is 540 g/mol. The summed E-state index contributed by atoms with van der Waals surface area (Å²) in [5.41, 5.74) is 17.1. The molecular weight excluding hydrogens is 502 g/mol.